The topological polar surface area (TPSA) is 72.6 Å². The van der Waals surface area contributed by atoms with Crippen LogP contribution in [0.15, 0.2) is 62.9 Å². The molecule has 8 heteroatoms. The number of benzene rings is 2. The molecule has 0 atom stereocenters. The van der Waals surface area contributed by atoms with Crippen molar-refractivity contribution >= 4 is 27.3 Å². The van der Waals surface area contributed by atoms with Gasteiger partial charge in [0.15, 0.2) is 0 Å². The van der Waals surface area contributed by atoms with Crippen LogP contribution in [-0.2, 0) is 9.84 Å². The highest BCUT2D eigenvalue weighted by atomic mass is 35.5. The number of halogens is 1. The van der Waals surface area contributed by atoms with Crippen molar-refractivity contribution in [2.24, 2.45) is 0 Å². The molecule has 1 fully saturated rings. The third-order valence-corrected chi connectivity index (χ3v) is 6.86. The number of oxazole rings is 1. The van der Waals surface area contributed by atoms with Crippen molar-refractivity contribution in [2.75, 3.05) is 25.1 Å². The molecule has 0 saturated carbocycles. The molecule has 6 nitrogen and oxygen atoms in total. The molecule has 152 valence electrons. The minimum absolute atomic E-state index is 0.0606. The summed E-state index contributed by atoms with van der Waals surface area (Å²) in [6, 6.07) is 13.2. The minimum atomic E-state index is -3.87. The number of piperidine rings is 1. The lowest BCUT2D eigenvalue weighted by atomic mass is 10.1. The molecule has 1 aliphatic heterocycles. The van der Waals surface area contributed by atoms with E-state index in [-0.39, 0.29) is 15.8 Å². The lowest BCUT2D eigenvalue weighted by molar-refractivity contribution is 0.414. The van der Waals surface area contributed by atoms with Crippen molar-refractivity contribution in [3.05, 3.63) is 53.6 Å². The highest BCUT2D eigenvalue weighted by Gasteiger charge is 2.32. The van der Waals surface area contributed by atoms with E-state index in [1.165, 1.54) is 19.2 Å². The number of methoxy groups -OCH3 is 1. The fourth-order valence-electron chi connectivity index (χ4n) is 3.35. The normalized spacial score (nSPS) is 14.8. The Morgan fingerprint density at radius 1 is 1.00 bits per heavy atom. The summed E-state index contributed by atoms with van der Waals surface area (Å²) in [4.78, 5) is 6.52. The summed E-state index contributed by atoms with van der Waals surface area (Å²) < 4.78 is 37.9. The van der Waals surface area contributed by atoms with E-state index in [0.29, 0.717) is 22.2 Å². The third kappa shape index (κ3) is 3.97. The fourth-order valence-corrected chi connectivity index (χ4v) is 4.80. The monoisotopic (exact) mass is 432 g/mol. The first-order valence-electron chi connectivity index (χ1n) is 9.40. The highest BCUT2D eigenvalue weighted by molar-refractivity contribution is 7.91. The van der Waals surface area contributed by atoms with Crippen LogP contribution in [0.4, 0.5) is 5.88 Å². The molecular formula is C21H21ClN2O4S. The van der Waals surface area contributed by atoms with Gasteiger partial charge in [-0.1, -0.05) is 11.6 Å². The molecule has 1 aromatic heterocycles. The maximum Gasteiger partial charge on any atom is 0.236 e. The molecule has 0 spiro atoms. The number of rotatable bonds is 5. The van der Waals surface area contributed by atoms with Crippen LogP contribution in [0.25, 0.3) is 11.5 Å². The van der Waals surface area contributed by atoms with Crippen LogP contribution >= 0.6 is 11.6 Å². The smallest absolute Gasteiger partial charge is 0.236 e. The zero-order chi connectivity index (χ0) is 20.4. The molecular weight excluding hydrogens is 412 g/mol. The molecule has 2 aromatic carbocycles. The lowest BCUT2D eigenvalue weighted by Crippen LogP contribution is -2.30. The van der Waals surface area contributed by atoms with Gasteiger partial charge >= 0.3 is 0 Å². The number of ether oxygens (including phenoxy) is 1. The van der Waals surface area contributed by atoms with Crippen molar-refractivity contribution in [1.82, 2.24) is 4.98 Å². The first kappa shape index (κ1) is 19.8. The van der Waals surface area contributed by atoms with Crippen molar-refractivity contribution < 1.29 is 17.6 Å². The van der Waals surface area contributed by atoms with Gasteiger partial charge < -0.3 is 14.1 Å². The standard InChI is InChI=1S/C21H21ClN2O4S/c1-27-17-9-11-18(12-10-17)29(25,26)20-21(24-13-3-2-4-14-24)28-19(23-20)15-5-7-16(22)8-6-15/h5-12H,2-4,13-14H2,1H3. The number of hydrogen-bond acceptors (Lipinski definition) is 6. The third-order valence-electron chi connectivity index (χ3n) is 4.94. The second-order valence-electron chi connectivity index (χ2n) is 6.86. The van der Waals surface area contributed by atoms with Gasteiger partial charge in [-0.15, -0.1) is 0 Å². The molecule has 0 unspecified atom stereocenters. The molecule has 0 amide bonds. The Morgan fingerprint density at radius 2 is 1.66 bits per heavy atom. The first-order valence-corrected chi connectivity index (χ1v) is 11.3. The van der Waals surface area contributed by atoms with Gasteiger partial charge in [-0.25, -0.2) is 8.42 Å². The lowest BCUT2D eigenvalue weighted by Gasteiger charge is -2.26. The van der Waals surface area contributed by atoms with Crippen molar-refractivity contribution in [3.8, 4) is 17.2 Å². The zero-order valence-electron chi connectivity index (χ0n) is 16.0. The Morgan fingerprint density at radius 3 is 2.28 bits per heavy atom. The summed E-state index contributed by atoms with van der Waals surface area (Å²) in [5.74, 6) is 1.14. The number of anilines is 1. The predicted molar refractivity (Wildman–Crippen MR) is 111 cm³/mol. The minimum Gasteiger partial charge on any atom is -0.497 e. The second-order valence-corrected chi connectivity index (χ2v) is 9.16. The van der Waals surface area contributed by atoms with Gasteiger partial charge in [0.25, 0.3) is 0 Å². The van der Waals surface area contributed by atoms with Gasteiger partial charge in [0, 0.05) is 23.7 Å². The molecule has 2 heterocycles. The van der Waals surface area contributed by atoms with E-state index < -0.39 is 9.84 Å². The van der Waals surface area contributed by atoms with E-state index in [4.69, 9.17) is 20.8 Å². The predicted octanol–water partition coefficient (Wildman–Crippen LogP) is 4.83. The van der Waals surface area contributed by atoms with Crippen LogP contribution in [0.1, 0.15) is 19.3 Å². The molecule has 29 heavy (non-hydrogen) atoms. The van der Waals surface area contributed by atoms with Gasteiger partial charge in [0.2, 0.25) is 26.6 Å². The molecule has 0 aliphatic carbocycles. The van der Waals surface area contributed by atoms with E-state index in [0.717, 1.165) is 32.4 Å². The molecule has 3 aromatic rings. The summed E-state index contributed by atoms with van der Waals surface area (Å²) in [5, 5.41) is 0.525. The Kier molecular flexibility index (Phi) is 5.52. The SMILES string of the molecule is COc1ccc(S(=O)(=O)c2nc(-c3ccc(Cl)cc3)oc2N2CCCCC2)cc1. The Balaban J connectivity index is 1.82. The largest absolute Gasteiger partial charge is 0.497 e. The summed E-state index contributed by atoms with van der Waals surface area (Å²) in [7, 11) is -2.33. The van der Waals surface area contributed by atoms with Crippen molar-refractivity contribution in [1.29, 1.82) is 0 Å². The van der Waals surface area contributed by atoms with E-state index in [9.17, 15) is 8.42 Å². The quantitative estimate of drug-likeness (QED) is 0.575. The first-order chi connectivity index (χ1) is 14.0. The van der Waals surface area contributed by atoms with Gasteiger partial charge in [0.1, 0.15) is 5.75 Å². The van der Waals surface area contributed by atoms with E-state index in [1.807, 2.05) is 4.90 Å². The number of hydrogen-bond donors (Lipinski definition) is 0. The average Bonchev–Trinajstić information content (AvgIpc) is 3.21. The number of nitrogens with zero attached hydrogens (tertiary/aromatic N) is 2. The molecule has 1 saturated heterocycles. The maximum atomic E-state index is 13.4. The fraction of sp³-hybridized carbons (Fsp3) is 0.286. The molecule has 1 aliphatic rings. The van der Waals surface area contributed by atoms with E-state index in [2.05, 4.69) is 4.98 Å². The summed E-state index contributed by atoms with van der Waals surface area (Å²) in [6.45, 7) is 1.47. The molecule has 0 radical (unpaired) electrons. The summed E-state index contributed by atoms with van der Waals surface area (Å²) in [5.41, 5.74) is 0.670. The zero-order valence-corrected chi connectivity index (χ0v) is 17.5. The van der Waals surface area contributed by atoms with Crippen LogP contribution in [-0.4, -0.2) is 33.6 Å². The second kappa shape index (κ2) is 8.08. The average molecular weight is 433 g/mol. The van der Waals surface area contributed by atoms with Crippen LogP contribution in [0, 0.1) is 0 Å². The Hall–Kier alpha value is -2.51. The van der Waals surface area contributed by atoms with Crippen LogP contribution < -0.4 is 9.64 Å². The van der Waals surface area contributed by atoms with Crippen LogP contribution in [0.3, 0.4) is 0 Å². The number of aromatic nitrogens is 1. The van der Waals surface area contributed by atoms with E-state index >= 15 is 0 Å². The number of sulfone groups is 1. The maximum absolute atomic E-state index is 13.4. The highest BCUT2D eigenvalue weighted by Crippen LogP contribution is 2.36. The van der Waals surface area contributed by atoms with E-state index in [1.54, 1.807) is 36.4 Å². The molecule has 0 bridgehead atoms. The van der Waals surface area contributed by atoms with Crippen molar-refractivity contribution in [3.63, 3.8) is 0 Å². The van der Waals surface area contributed by atoms with Gasteiger partial charge in [0.05, 0.1) is 12.0 Å². The van der Waals surface area contributed by atoms with Gasteiger partial charge in [-0.2, -0.15) is 4.98 Å². The summed E-state index contributed by atoms with van der Waals surface area (Å²) >= 11 is 5.97. The molecule has 4 rings (SSSR count). The van der Waals surface area contributed by atoms with Crippen LogP contribution in [0.2, 0.25) is 5.02 Å². The van der Waals surface area contributed by atoms with Crippen LogP contribution in [0.5, 0.6) is 5.75 Å². The molecule has 0 N–H and O–H groups in total. The van der Waals surface area contributed by atoms with Gasteiger partial charge in [-0.05, 0) is 67.8 Å². The Labute approximate surface area is 175 Å². The van der Waals surface area contributed by atoms with Gasteiger partial charge in [-0.3, -0.25) is 0 Å². The summed E-state index contributed by atoms with van der Waals surface area (Å²) in [6.07, 6.45) is 3.09. The Bertz CT molecular complexity index is 1090. The van der Waals surface area contributed by atoms with Crippen molar-refractivity contribution in [2.45, 2.75) is 29.2 Å².